The molecule has 4 heteroatoms. The van der Waals surface area contributed by atoms with Crippen molar-refractivity contribution in [3.8, 4) is 0 Å². The Morgan fingerprint density at radius 1 is 0.600 bits per heavy atom. The Labute approximate surface area is 137 Å². The third kappa shape index (κ3) is 7.23. The normalized spacial score (nSPS) is 22.2. The van der Waals surface area contributed by atoms with Gasteiger partial charge in [-0.3, -0.25) is 0 Å². The number of rotatable bonds is 11. The maximum absolute atomic E-state index is 2.65. The molecular weight excluding hydrogens is 305 g/mol. The molecule has 0 nitrogen and oxygen atoms in total. The van der Waals surface area contributed by atoms with Gasteiger partial charge in [-0.05, 0) is 0 Å². The van der Waals surface area contributed by atoms with E-state index >= 15 is 0 Å². The van der Waals surface area contributed by atoms with E-state index in [4.69, 9.17) is 0 Å². The van der Waals surface area contributed by atoms with Gasteiger partial charge in [-0.15, -0.1) is 0 Å². The fraction of sp³-hybridized carbons (Fsp3) is 1.00. The quantitative estimate of drug-likeness (QED) is 0.498. The molecule has 0 heterocycles. The molecule has 0 saturated heterocycles. The van der Waals surface area contributed by atoms with Crippen molar-refractivity contribution in [3.63, 3.8) is 0 Å². The zero-order valence-corrected chi connectivity index (χ0v) is 20.8. The van der Waals surface area contributed by atoms with Gasteiger partial charge in [0.25, 0.3) is 0 Å². The molecule has 0 aromatic rings. The predicted molar refractivity (Wildman–Crippen MR) is 110 cm³/mol. The van der Waals surface area contributed by atoms with Crippen LogP contribution in [-0.4, -0.2) is 33.7 Å². The summed E-state index contributed by atoms with van der Waals surface area (Å²) in [7, 11) is -0.0962. The van der Waals surface area contributed by atoms with Crippen molar-refractivity contribution < 1.29 is 0 Å². The van der Waals surface area contributed by atoms with Crippen LogP contribution in [0, 0.1) is 0 Å². The zero-order valence-electron chi connectivity index (χ0n) is 15.7. The van der Waals surface area contributed by atoms with Gasteiger partial charge in [0.1, 0.15) is 0 Å². The molecule has 0 amide bonds. The van der Waals surface area contributed by atoms with Crippen LogP contribution in [0.5, 0.6) is 0 Å². The second-order valence-corrected chi connectivity index (χ2v) is 35.5. The van der Waals surface area contributed by atoms with Gasteiger partial charge in [0.15, 0.2) is 0 Å². The highest BCUT2D eigenvalue weighted by molar-refractivity contribution is 7.60. The molecule has 0 bridgehead atoms. The summed E-state index contributed by atoms with van der Waals surface area (Å²) in [6, 6.07) is 0. The molecular formula is C16H42Si4. The van der Waals surface area contributed by atoms with Crippen LogP contribution in [-0.2, 0) is 0 Å². The highest BCUT2D eigenvalue weighted by atomic mass is 29.8. The van der Waals surface area contributed by atoms with Gasteiger partial charge in [-0.25, -0.2) is 0 Å². The first-order valence-corrected chi connectivity index (χ1v) is 21.6. The second-order valence-electron chi connectivity index (χ2n) is 7.60. The molecule has 0 aromatic carbocycles. The van der Waals surface area contributed by atoms with Crippen LogP contribution >= 0.6 is 0 Å². The number of hydrogen-bond donors (Lipinski definition) is 0. The lowest BCUT2D eigenvalue weighted by atomic mass is 10.4. The molecule has 0 spiro atoms. The van der Waals surface area contributed by atoms with Crippen molar-refractivity contribution in [2.75, 3.05) is 0 Å². The smallest absolute Gasteiger partial charge is 0.0175 e. The average Bonchev–Trinajstić information content (AvgIpc) is 2.48. The van der Waals surface area contributed by atoms with Crippen LogP contribution in [0.3, 0.4) is 0 Å². The first-order valence-electron chi connectivity index (χ1n) is 9.40. The van der Waals surface area contributed by atoms with Gasteiger partial charge in [-0.2, -0.15) is 0 Å². The van der Waals surface area contributed by atoms with Crippen LogP contribution in [0.1, 0.15) is 81.1 Å². The molecule has 6 unspecified atom stereocenters. The predicted octanol–water partition coefficient (Wildman–Crippen LogP) is 3.89. The molecule has 0 fully saturated rings. The zero-order chi connectivity index (χ0) is 15.7. The van der Waals surface area contributed by atoms with Crippen molar-refractivity contribution in [2.45, 2.75) is 103 Å². The Bertz CT molecular complexity index is 211. The molecule has 0 aliphatic heterocycles. The summed E-state index contributed by atoms with van der Waals surface area (Å²) in [6.45, 7) is 20.3. The van der Waals surface area contributed by atoms with Crippen molar-refractivity contribution in [1.82, 2.24) is 0 Å². The first kappa shape index (κ1) is 20.9. The first-order chi connectivity index (χ1) is 9.40. The van der Waals surface area contributed by atoms with Crippen molar-refractivity contribution >= 4 is 33.7 Å². The SMILES string of the molecule is CCC(C)[SiH2][SiH](C(C)CC)[SiH]([SiH2]C(C)CC)C(C)CC. The van der Waals surface area contributed by atoms with E-state index in [0.29, 0.717) is 0 Å². The van der Waals surface area contributed by atoms with Gasteiger partial charge >= 0.3 is 0 Å². The van der Waals surface area contributed by atoms with Crippen LogP contribution in [0.25, 0.3) is 0 Å². The van der Waals surface area contributed by atoms with Gasteiger partial charge in [0.2, 0.25) is 0 Å². The summed E-state index contributed by atoms with van der Waals surface area (Å²) >= 11 is 0. The Hall–Kier alpha value is 0.868. The molecule has 0 radical (unpaired) electrons. The molecule has 0 rings (SSSR count). The molecule has 20 heavy (non-hydrogen) atoms. The average molecular weight is 347 g/mol. The van der Waals surface area contributed by atoms with E-state index in [1.165, 1.54) is 36.8 Å². The van der Waals surface area contributed by atoms with Gasteiger partial charge in [0.05, 0.1) is 0 Å². The van der Waals surface area contributed by atoms with Gasteiger partial charge in [-0.1, -0.05) is 103 Å². The third-order valence-electron chi connectivity index (χ3n) is 6.04. The van der Waals surface area contributed by atoms with E-state index in [2.05, 4.69) is 55.4 Å². The fourth-order valence-corrected chi connectivity index (χ4v) is 65.1. The minimum atomic E-state index is -0.324. The van der Waals surface area contributed by atoms with E-state index in [1.807, 2.05) is 0 Å². The van der Waals surface area contributed by atoms with Crippen LogP contribution in [0.2, 0.25) is 22.2 Å². The molecule has 122 valence electrons. The minimum absolute atomic E-state index is 0.276. The highest BCUT2D eigenvalue weighted by Crippen LogP contribution is 2.28. The summed E-state index contributed by atoms with van der Waals surface area (Å²) in [6.07, 6.45) is 5.93. The largest absolute Gasteiger partial charge is 0.0657 e. The Kier molecular flexibility index (Phi) is 11.9. The van der Waals surface area contributed by atoms with Crippen molar-refractivity contribution in [2.24, 2.45) is 0 Å². The highest BCUT2D eigenvalue weighted by Gasteiger charge is 2.33. The Morgan fingerprint density at radius 2 is 0.900 bits per heavy atom. The Morgan fingerprint density at radius 3 is 1.10 bits per heavy atom. The summed E-state index contributed by atoms with van der Waals surface area (Å²) < 4.78 is 0. The van der Waals surface area contributed by atoms with E-state index in [1.54, 1.807) is 0 Å². The van der Waals surface area contributed by atoms with Gasteiger partial charge in [0, 0.05) is 33.7 Å². The second kappa shape index (κ2) is 11.4. The lowest BCUT2D eigenvalue weighted by molar-refractivity contribution is 0.843. The van der Waals surface area contributed by atoms with Gasteiger partial charge < -0.3 is 0 Å². The monoisotopic (exact) mass is 346 g/mol. The maximum Gasteiger partial charge on any atom is 0.0175 e. The molecule has 0 saturated carbocycles. The Balaban J connectivity index is 5.05. The number of hydrogen-bond acceptors (Lipinski definition) is 0. The van der Waals surface area contributed by atoms with E-state index < -0.39 is 0 Å². The summed E-state index contributed by atoms with van der Waals surface area (Å²) in [5.74, 6) is 0. The fourth-order valence-electron chi connectivity index (χ4n) is 3.53. The molecule has 0 aliphatic carbocycles. The lowest BCUT2D eigenvalue weighted by Crippen LogP contribution is -2.52. The van der Waals surface area contributed by atoms with Crippen LogP contribution < -0.4 is 0 Å². The van der Waals surface area contributed by atoms with E-state index in [-0.39, 0.29) is 33.7 Å². The van der Waals surface area contributed by atoms with Crippen LogP contribution in [0.4, 0.5) is 0 Å². The topological polar surface area (TPSA) is 0 Å². The minimum Gasteiger partial charge on any atom is -0.0657 e. The van der Waals surface area contributed by atoms with E-state index in [0.717, 1.165) is 11.1 Å². The third-order valence-corrected chi connectivity index (χ3v) is 56.8. The maximum atomic E-state index is 2.65. The summed E-state index contributed by atoms with van der Waals surface area (Å²) in [4.78, 5) is 0. The molecule has 0 N–H and O–H groups in total. The summed E-state index contributed by atoms with van der Waals surface area (Å²) in [5, 5.41) is 0. The summed E-state index contributed by atoms with van der Waals surface area (Å²) in [5.41, 5.74) is 4.65. The lowest BCUT2D eigenvalue weighted by Gasteiger charge is -2.35. The van der Waals surface area contributed by atoms with Crippen molar-refractivity contribution in [3.05, 3.63) is 0 Å². The standard InChI is InChI=1S/C16H42Si4/c1-9-13(5)17-19(15(7)11-3)20(16(8)12-4)18-14(6)10-2/h13-16,19-20H,9-12,17-18H2,1-8H3. The molecule has 6 atom stereocenters. The van der Waals surface area contributed by atoms with Crippen LogP contribution in [0.15, 0.2) is 0 Å². The van der Waals surface area contributed by atoms with E-state index in [9.17, 15) is 0 Å². The molecule has 0 aromatic heterocycles. The molecule has 0 aliphatic rings. The van der Waals surface area contributed by atoms with Crippen molar-refractivity contribution in [1.29, 1.82) is 0 Å².